The summed E-state index contributed by atoms with van der Waals surface area (Å²) in [4.78, 5) is 24.5. The van der Waals surface area contributed by atoms with E-state index in [1.807, 2.05) is 17.5 Å². The summed E-state index contributed by atoms with van der Waals surface area (Å²) in [5.41, 5.74) is 0. The van der Waals surface area contributed by atoms with E-state index in [1.54, 1.807) is 18.3 Å². The van der Waals surface area contributed by atoms with Crippen molar-refractivity contribution in [2.75, 3.05) is 18.6 Å². The Bertz CT molecular complexity index is 446. The lowest BCUT2D eigenvalue weighted by molar-refractivity contribution is -0.144. The first-order valence-electron chi connectivity index (χ1n) is 6.94. The van der Waals surface area contributed by atoms with Crippen LogP contribution in [0.5, 0.6) is 0 Å². The van der Waals surface area contributed by atoms with Crippen molar-refractivity contribution in [1.82, 2.24) is 5.32 Å². The number of thiophene rings is 1. The van der Waals surface area contributed by atoms with Gasteiger partial charge in [0.05, 0.1) is 24.8 Å². The first-order chi connectivity index (χ1) is 9.95. The predicted molar refractivity (Wildman–Crippen MR) is 88.5 cm³/mol. The molecule has 0 bridgehead atoms. The Hall–Kier alpha value is -1.01. The largest absolute Gasteiger partial charge is 0.469 e. The second kappa shape index (κ2) is 9.10. The van der Waals surface area contributed by atoms with Gasteiger partial charge in [0.25, 0.3) is 0 Å². The van der Waals surface area contributed by atoms with Crippen molar-refractivity contribution < 1.29 is 14.3 Å². The molecule has 1 aromatic heterocycles. The van der Waals surface area contributed by atoms with E-state index >= 15 is 0 Å². The van der Waals surface area contributed by atoms with E-state index in [2.05, 4.69) is 23.9 Å². The maximum Gasteiger partial charge on any atom is 0.309 e. The zero-order chi connectivity index (χ0) is 15.8. The van der Waals surface area contributed by atoms with Crippen LogP contribution < -0.4 is 5.32 Å². The molecule has 1 amide bonds. The lowest BCUT2D eigenvalue weighted by Gasteiger charge is -2.21. The molecule has 0 fully saturated rings. The molecule has 0 radical (unpaired) electrons. The number of esters is 1. The molecule has 2 unspecified atom stereocenters. The van der Waals surface area contributed by atoms with Gasteiger partial charge in [-0.1, -0.05) is 26.8 Å². The Kier molecular flexibility index (Phi) is 7.82. The molecule has 6 heteroatoms. The lowest BCUT2D eigenvalue weighted by Crippen LogP contribution is -2.32. The molecule has 0 saturated heterocycles. The molecule has 118 valence electrons. The van der Waals surface area contributed by atoms with Crippen LogP contribution in [0.3, 0.4) is 0 Å². The maximum atomic E-state index is 12.0. The number of nitrogens with one attached hydrogen (secondary N) is 1. The van der Waals surface area contributed by atoms with Crippen LogP contribution in [0.25, 0.3) is 0 Å². The summed E-state index contributed by atoms with van der Waals surface area (Å²) in [6, 6.07) is 4.09. The molecule has 1 aromatic rings. The third kappa shape index (κ3) is 6.09. The van der Waals surface area contributed by atoms with Crippen LogP contribution >= 0.6 is 23.1 Å². The summed E-state index contributed by atoms with van der Waals surface area (Å²) in [7, 11) is 1.38. The summed E-state index contributed by atoms with van der Waals surface area (Å²) in [6.07, 6.45) is 0. The molecule has 4 nitrogen and oxygen atoms in total. The van der Waals surface area contributed by atoms with Crippen LogP contribution in [-0.2, 0) is 14.3 Å². The molecule has 0 aliphatic heterocycles. The van der Waals surface area contributed by atoms with Gasteiger partial charge in [-0.2, -0.15) is 11.8 Å². The van der Waals surface area contributed by atoms with Gasteiger partial charge in [0.15, 0.2) is 0 Å². The summed E-state index contributed by atoms with van der Waals surface area (Å²) in [5.74, 6) is 0.866. The number of hydrogen-bond donors (Lipinski definition) is 1. The molecule has 1 rings (SSSR count). The average Bonchev–Trinajstić information content (AvgIpc) is 2.97. The third-order valence-electron chi connectivity index (χ3n) is 3.04. The van der Waals surface area contributed by atoms with Gasteiger partial charge in [-0.25, -0.2) is 0 Å². The molecular formula is C15H23NO3S2. The molecule has 1 heterocycles. The number of carbonyl (C=O) groups is 2. The maximum absolute atomic E-state index is 12.0. The van der Waals surface area contributed by atoms with Crippen LogP contribution in [0.15, 0.2) is 17.5 Å². The summed E-state index contributed by atoms with van der Waals surface area (Å²) >= 11 is 3.11. The zero-order valence-corrected chi connectivity index (χ0v) is 14.6. The van der Waals surface area contributed by atoms with Crippen molar-refractivity contribution in [3.8, 4) is 0 Å². The standard InChI is InChI=1S/C15H23NO3S2/c1-10(2)14(12-6-5-7-21-12)16-13(17)9-20-8-11(3)15(18)19-4/h5-7,10-11,14H,8-9H2,1-4H3,(H,16,17). The van der Waals surface area contributed by atoms with Crippen molar-refractivity contribution in [1.29, 1.82) is 0 Å². The number of methoxy groups -OCH3 is 1. The second-order valence-corrected chi connectivity index (χ2v) is 7.25. The minimum atomic E-state index is -0.235. The molecule has 0 aliphatic carbocycles. The zero-order valence-electron chi connectivity index (χ0n) is 12.9. The monoisotopic (exact) mass is 329 g/mol. The normalized spacial score (nSPS) is 13.8. The Balaban J connectivity index is 2.40. The minimum absolute atomic E-state index is 0.00386. The summed E-state index contributed by atoms with van der Waals surface area (Å²) < 4.78 is 4.66. The SMILES string of the molecule is COC(=O)C(C)CSCC(=O)NC(c1cccs1)C(C)C. The van der Waals surface area contributed by atoms with Crippen molar-refractivity contribution in [2.24, 2.45) is 11.8 Å². The first-order valence-corrected chi connectivity index (χ1v) is 8.97. The van der Waals surface area contributed by atoms with Crippen molar-refractivity contribution in [3.63, 3.8) is 0 Å². The number of rotatable bonds is 8. The highest BCUT2D eigenvalue weighted by Crippen LogP contribution is 2.25. The van der Waals surface area contributed by atoms with Gasteiger partial charge in [0, 0.05) is 10.6 Å². The van der Waals surface area contributed by atoms with Crippen LogP contribution in [0.4, 0.5) is 0 Å². The van der Waals surface area contributed by atoms with Crippen LogP contribution in [0.1, 0.15) is 31.7 Å². The van der Waals surface area contributed by atoms with Gasteiger partial charge < -0.3 is 10.1 Å². The van der Waals surface area contributed by atoms with E-state index in [4.69, 9.17) is 0 Å². The van der Waals surface area contributed by atoms with Crippen molar-refractivity contribution in [2.45, 2.75) is 26.8 Å². The highest BCUT2D eigenvalue weighted by atomic mass is 32.2. The Morgan fingerprint density at radius 3 is 2.62 bits per heavy atom. The number of carbonyl (C=O) groups excluding carboxylic acids is 2. The third-order valence-corrected chi connectivity index (χ3v) is 5.19. The van der Waals surface area contributed by atoms with Crippen molar-refractivity contribution in [3.05, 3.63) is 22.4 Å². The van der Waals surface area contributed by atoms with Crippen molar-refractivity contribution >= 4 is 35.0 Å². The molecule has 0 saturated carbocycles. The predicted octanol–water partition coefficient (Wildman–Crippen LogP) is 3.10. The fourth-order valence-corrected chi connectivity index (χ4v) is 3.67. The van der Waals surface area contributed by atoms with E-state index in [1.165, 1.54) is 23.7 Å². The van der Waals surface area contributed by atoms with E-state index in [-0.39, 0.29) is 23.8 Å². The van der Waals surface area contributed by atoms with E-state index in [0.717, 1.165) is 0 Å². The molecule has 2 atom stereocenters. The van der Waals surface area contributed by atoms with E-state index in [0.29, 0.717) is 17.4 Å². The molecule has 0 spiro atoms. The number of amides is 1. The van der Waals surface area contributed by atoms with E-state index in [9.17, 15) is 9.59 Å². The number of thioether (sulfide) groups is 1. The first kappa shape index (κ1) is 18.0. The molecule has 21 heavy (non-hydrogen) atoms. The average molecular weight is 329 g/mol. The Morgan fingerprint density at radius 1 is 1.38 bits per heavy atom. The smallest absolute Gasteiger partial charge is 0.309 e. The fraction of sp³-hybridized carbons (Fsp3) is 0.600. The van der Waals surface area contributed by atoms with Crippen LogP contribution in [0, 0.1) is 11.8 Å². The molecule has 1 N–H and O–H groups in total. The van der Waals surface area contributed by atoms with Gasteiger partial charge in [-0.3, -0.25) is 9.59 Å². The Labute approximate surface area is 134 Å². The van der Waals surface area contributed by atoms with Crippen LogP contribution in [0.2, 0.25) is 0 Å². The molecule has 0 aromatic carbocycles. The fourth-order valence-electron chi connectivity index (χ4n) is 1.85. The Morgan fingerprint density at radius 2 is 2.10 bits per heavy atom. The van der Waals surface area contributed by atoms with E-state index < -0.39 is 0 Å². The quantitative estimate of drug-likeness (QED) is 0.745. The highest BCUT2D eigenvalue weighted by molar-refractivity contribution is 7.99. The van der Waals surface area contributed by atoms with Gasteiger partial charge in [-0.15, -0.1) is 11.3 Å². The van der Waals surface area contributed by atoms with Crippen LogP contribution in [-0.4, -0.2) is 30.5 Å². The summed E-state index contributed by atoms with van der Waals surface area (Å²) in [5, 5.41) is 5.09. The van der Waals surface area contributed by atoms with Gasteiger partial charge >= 0.3 is 5.97 Å². The lowest BCUT2D eigenvalue weighted by atomic mass is 10.0. The highest BCUT2D eigenvalue weighted by Gasteiger charge is 2.20. The molecular weight excluding hydrogens is 306 g/mol. The van der Waals surface area contributed by atoms with Gasteiger partial charge in [0.1, 0.15) is 0 Å². The molecule has 0 aliphatic rings. The van der Waals surface area contributed by atoms with Gasteiger partial charge in [0.2, 0.25) is 5.91 Å². The number of hydrogen-bond acceptors (Lipinski definition) is 5. The number of ether oxygens (including phenoxy) is 1. The summed E-state index contributed by atoms with van der Waals surface area (Å²) in [6.45, 7) is 5.99. The van der Waals surface area contributed by atoms with Gasteiger partial charge in [-0.05, 0) is 17.4 Å². The second-order valence-electron chi connectivity index (χ2n) is 5.24. The topological polar surface area (TPSA) is 55.4 Å². The minimum Gasteiger partial charge on any atom is -0.469 e.